The highest BCUT2D eigenvalue weighted by atomic mass is 32.2. The first-order valence-corrected chi connectivity index (χ1v) is 8.28. The Hall–Kier alpha value is 0.110. The number of ether oxygens (including phenoxy) is 2. The van der Waals surface area contributed by atoms with Gasteiger partial charge < -0.3 is 29.9 Å². The average Bonchev–Trinajstić information content (AvgIpc) is 2.58. The molecule has 4 N–H and O–H groups in total. The van der Waals surface area contributed by atoms with Crippen molar-refractivity contribution < 1.29 is 29.9 Å². The Balaban J connectivity index is 1.93. The van der Waals surface area contributed by atoms with E-state index < -0.39 is 24.6 Å². The molecule has 0 spiro atoms. The number of thioether (sulfide) groups is 1. The normalized spacial score (nSPS) is 39.9. The van der Waals surface area contributed by atoms with E-state index in [4.69, 9.17) is 14.6 Å². The zero-order valence-corrected chi connectivity index (χ0v) is 12.2. The van der Waals surface area contributed by atoms with Crippen LogP contribution in [0.3, 0.4) is 0 Å². The molecule has 20 heavy (non-hydrogen) atoms. The number of fused-ring (bicyclic) bond motifs is 6. The molecule has 3 fully saturated rings. The van der Waals surface area contributed by atoms with Gasteiger partial charge in [-0.2, -0.15) is 11.8 Å². The van der Waals surface area contributed by atoms with Crippen molar-refractivity contribution in [2.45, 2.75) is 50.0 Å². The SMILES string of the molecule is OCC(O)CSCC1OC2OCCCC[C@H]1[C@H](O)C2O. The van der Waals surface area contributed by atoms with Gasteiger partial charge >= 0.3 is 0 Å². The van der Waals surface area contributed by atoms with Crippen LogP contribution in [0.2, 0.25) is 0 Å². The molecular weight excluding hydrogens is 284 g/mol. The molecule has 3 heterocycles. The van der Waals surface area contributed by atoms with E-state index in [0.717, 1.165) is 19.3 Å². The smallest absolute Gasteiger partial charge is 0.186 e. The molecule has 0 aromatic carbocycles. The van der Waals surface area contributed by atoms with Crippen molar-refractivity contribution >= 4 is 11.8 Å². The summed E-state index contributed by atoms with van der Waals surface area (Å²) in [4.78, 5) is 0. The molecule has 3 rings (SSSR count). The van der Waals surface area contributed by atoms with E-state index >= 15 is 0 Å². The summed E-state index contributed by atoms with van der Waals surface area (Å²) in [6, 6.07) is 0. The Bertz CT molecular complexity index is 290. The van der Waals surface area contributed by atoms with E-state index in [1.807, 2.05) is 0 Å². The van der Waals surface area contributed by atoms with Gasteiger partial charge in [-0.25, -0.2) is 0 Å². The lowest BCUT2D eigenvalue weighted by molar-refractivity contribution is -0.277. The van der Waals surface area contributed by atoms with Gasteiger partial charge in [-0.05, 0) is 12.8 Å². The van der Waals surface area contributed by atoms with E-state index in [2.05, 4.69) is 0 Å². The maximum atomic E-state index is 10.2. The summed E-state index contributed by atoms with van der Waals surface area (Å²) in [5, 5.41) is 38.3. The number of aliphatic hydroxyl groups is 4. The Labute approximate surface area is 123 Å². The highest BCUT2D eigenvalue weighted by Crippen LogP contribution is 2.33. The highest BCUT2D eigenvalue weighted by molar-refractivity contribution is 7.99. The monoisotopic (exact) mass is 308 g/mol. The Morgan fingerprint density at radius 3 is 2.75 bits per heavy atom. The summed E-state index contributed by atoms with van der Waals surface area (Å²) >= 11 is 1.47. The Morgan fingerprint density at radius 2 is 2.00 bits per heavy atom. The van der Waals surface area contributed by atoms with Crippen molar-refractivity contribution in [3.05, 3.63) is 0 Å². The molecule has 3 saturated heterocycles. The summed E-state index contributed by atoms with van der Waals surface area (Å²) < 4.78 is 11.3. The van der Waals surface area contributed by atoms with Crippen LogP contribution in [0, 0.1) is 5.92 Å². The van der Waals surface area contributed by atoms with E-state index in [1.54, 1.807) is 0 Å². The largest absolute Gasteiger partial charge is 0.394 e. The Kier molecular flexibility index (Phi) is 6.54. The number of hydrogen-bond acceptors (Lipinski definition) is 7. The summed E-state index contributed by atoms with van der Waals surface area (Å²) in [6.07, 6.45) is -0.908. The fourth-order valence-corrected chi connectivity index (χ4v) is 3.77. The molecule has 3 aliphatic rings. The molecular formula is C13H24O6S. The number of aliphatic hydroxyl groups excluding tert-OH is 4. The van der Waals surface area contributed by atoms with Gasteiger partial charge in [0.15, 0.2) is 6.29 Å². The Morgan fingerprint density at radius 1 is 1.20 bits per heavy atom. The molecule has 7 heteroatoms. The van der Waals surface area contributed by atoms with Crippen LogP contribution in [0.25, 0.3) is 0 Å². The molecule has 0 aliphatic carbocycles. The van der Waals surface area contributed by atoms with E-state index in [0.29, 0.717) is 18.1 Å². The molecule has 0 saturated carbocycles. The van der Waals surface area contributed by atoms with Crippen LogP contribution in [0.1, 0.15) is 19.3 Å². The predicted molar refractivity (Wildman–Crippen MR) is 74.4 cm³/mol. The lowest BCUT2D eigenvalue weighted by Crippen LogP contribution is -2.55. The minimum absolute atomic E-state index is 0.110. The van der Waals surface area contributed by atoms with Crippen LogP contribution in [-0.4, -0.2) is 75.9 Å². The molecule has 3 aliphatic heterocycles. The molecule has 6 nitrogen and oxygen atoms in total. The maximum absolute atomic E-state index is 10.2. The zero-order chi connectivity index (χ0) is 14.5. The van der Waals surface area contributed by atoms with E-state index in [9.17, 15) is 15.3 Å². The molecule has 4 unspecified atom stereocenters. The minimum atomic E-state index is -0.998. The zero-order valence-electron chi connectivity index (χ0n) is 11.4. The van der Waals surface area contributed by atoms with Gasteiger partial charge in [-0.1, -0.05) is 6.42 Å². The first kappa shape index (κ1) is 16.5. The first-order valence-electron chi connectivity index (χ1n) is 7.13. The summed E-state index contributed by atoms with van der Waals surface area (Å²) in [5.74, 6) is 0.917. The molecule has 6 atom stereocenters. The average molecular weight is 308 g/mol. The second-order valence-electron chi connectivity index (χ2n) is 5.43. The van der Waals surface area contributed by atoms with Gasteiger partial charge in [0.1, 0.15) is 6.10 Å². The standard InChI is InChI=1S/C13H24O6S/c14-5-8(15)6-20-7-10-9-3-1-2-4-18-13(19-10)12(17)11(9)16/h8-17H,1-7H2/t8?,9-,10?,11+,12?,13?/m1/s1. The van der Waals surface area contributed by atoms with Crippen molar-refractivity contribution in [2.75, 3.05) is 24.7 Å². The van der Waals surface area contributed by atoms with Crippen molar-refractivity contribution in [2.24, 2.45) is 5.92 Å². The lowest BCUT2D eigenvalue weighted by Gasteiger charge is -2.42. The summed E-state index contributed by atoms with van der Waals surface area (Å²) in [6.45, 7) is 0.277. The third-order valence-electron chi connectivity index (χ3n) is 3.87. The lowest BCUT2D eigenvalue weighted by atomic mass is 9.86. The molecule has 0 aromatic heterocycles. The molecule has 0 aromatic rings. The number of rotatable bonds is 5. The second kappa shape index (κ2) is 7.93. The second-order valence-corrected chi connectivity index (χ2v) is 6.50. The molecule has 2 bridgehead atoms. The first-order chi connectivity index (χ1) is 9.63. The van der Waals surface area contributed by atoms with Gasteiger partial charge in [-0.3, -0.25) is 0 Å². The van der Waals surface area contributed by atoms with Crippen LogP contribution in [0.4, 0.5) is 0 Å². The van der Waals surface area contributed by atoms with Crippen molar-refractivity contribution in [1.82, 2.24) is 0 Å². The molecule has 118 valence electrons. The van der Waals surface area contributed by atoms with Crippen molar-refractivity contribution in [3.8, 4) is 0 Å². The van der Waals surface area contributed by atoms with E-state index in [1.165, 1.54) is 11.8 Å². The van der Waals surface area contributed by atoms with Crippen molar-refractivity contribution in [1.29, 1.82) is 0 Å². The van der Waals surface area contributed by atoms with Gasteiger partial charge in [0, 0.05) is 24.0 Å². The van der Waals surface area contributed by atoms with Gasteiger partial charge in [0.05, 0.1) is 24.9 Å². The molecule has 0 radical (unpaired) electrons. The third-order valence-corrected chi connectivity index (χ3v) is 5.06. The van der Waals surface area contributed by atoms with E-state index in [-0.39, 0.29) is 18.6 Å². The minimum Gasteiger partial charge on any atom is -0.394 e. The fourth-order valence-electron chi connectivity index (χ4n) is 2.70. The summed E-state index contributed by atoms with van der Waals surface area (Å²) in [7, 11) is 0. The van der Waals surface area contributed by atoms with Gasteiger partial charge in [-0.15, -0.1) is 0 Å². The summed E-state index contributed by atoms with van der Waals surface area (Å²) in [5.41, 5.74) is 0. The highest BCUT2D eigenvalue weighted by Gasteiger charge is 2.44. The van der Waals surface area contributed by atoms with Gasteiger partial charge in [0.25, 0.3) is 0 Å². The topological polar surface area (TPSA) is 99.4 Å². The van der Waals surface area contributed by atoms with Crippen LogP contribution in [0.15, 0.2) is 0 Å². The number of hydrogen-bond donors (Lipinski definition) is 4. The predicted octanol–water partition coefficient (Wildman–Crippen LogP) is -0.664. The maximum Gasteiger partial charge on any atom is 0.186 e. The van der Waals surface area contributed by atoms with Crippen LogP contribution >= 0.6 is 11.8 Å². The van der Waals surface area contributed by atoms with Crippen LogP contribution in [0.5, 0.6) is 0 Å². The fraction of sp³-hybridized carbons (Fsp3) is 1.00. The van der Waals surface area contributed by atoms with Crippen LogP contribution in [-0.2, 0) is 9.47 Å². The van der Waals surface area contributed by atoms with Gasteiger partial charge in [0.2, 0.25) is 0 Å². The van der Waals surface area contributed by atoms with Crippen molar-refractivity contribution in [3.63, 3.8) is 0 Å². The van der Waals surface area contributed by atoms with Crippen LogP contribution < -0.4 is 0 Å². The molecule has 0 amide bonds. The quantitative estimate of drug-likeness (QED) is 0.535. The third kappa shape index (κ3) is 4.07.